The highest BCUT2D eigenvalue weighted by Crippen LogP contribution is 2.34. The van der Waals surface area contributed by atoms with Gasteiger partial charge in [-0.25, -0.2) is 0 Å². The summed E-state index contributed by atoms with van der Waals surface area (Å²) in [5.41, 5.74) is 6.56. The molecule has 2 aliphatic rings. The van der Waals surface area contributed by atoms with Gasteiger partial charge in [0.25, 0.3) is 0 Å². The highest BCUT2D eigenvalue weighted by molar-refractivity contribution is 6.04. The van der Waals surface area contributed by atoms with E-state index in [-0.39, 0.29) is 23.3 Å². The number of ether oxygens (including phenoxy) is 2. The van der Waals surface area contributed by atoms with Crippen LogP contribution in [-0.2, 0) is 9.47 Å². The van der Waals surface area contributed by atoms with E-state index in [1.807, 2.05) is 6.07 Å². The van der Waals surface area contributed by atoms with E-state index in [1.165, 1.54) is 22.3 Å². The molecular formula is C35H40N2O2. The summed E-state index contributed by atoms with van der Waals surface area (Å²) in [5, 5.41) is 7.32. The van der Waals surface area contributed by atoms with Crippen LogP contribution in [0.25, 0.3) is 11.1 Å². The molecule has 1 aliphatic heterocycles. The van der Waals surface area contributed by atoms with Gasteiger partial charge in [-0.1, -0.05) is 91.0 Å². The summed E-state index contributed by atoms with van der Waals surface area (Å²) in [6.45, 7) is 11.0. The zero-order valence-electron chi connectivity index (χ0n) is 23.8. The topological polar surface area (TPSA) is 34.1 Å². The number of hydrogen-bond donors (Lipinski definition) is 0. The number of hydrogen-bond acceptors (Lipinski definition) is 4. The summed E-state index contributed by atoms with van der Waals surface area (Å²) in [6, 6.07) is 29.9. The number of nitrogens with zero attached hydrogens (tertiary/aromatic N) is 2. The van der Waals surface area contributed by atoms with Crippen molar-refractivity contribution in [3.8, 4) is 11.1 Å². The third-order valence-corrected chi connectivity index (χ3v) is 7.05. The van der Waals surface area contributed by atoms with Gasteiger partial charge >= 0.3 is 0 Å². The van der Waals surface area contributed by atoms with Crippen LogP contribution >= 0.6 is 0 Å². The minimum Gasteiger partial charge on any atom is -0.373 e. The Morgan fingerprint density at radius 3 is 2.03 bits per heavy atom. The summed E-state index contributed by atoms with van der Waals surface area (Å²) in [7, 11) is 0. The minimum absolute atomic E-state index is 0.0322. The SMILES string of the molecule is CC(C)(C)OCC(C)(C)OC1C=CC(C2CC(c3ccc(-c4ccccc4)cc3)=NN2c2ccccc2)=CC1. The van der Waals surface area contributed by atoms with Crippen molar-refractivity contribution in [2.24, 2.45) is 5.10 Å². The van der Waals surface area contributed by atoms with Crippen LogP contribution in [-0.4, -0.2) is 35.7 Å². The number of rotatable bonds is 8. The second-order valence-electron chi connectivity index (χ2n) is 12.0. The Kier molecular flexibility index (Phi) is 7.88. The lowest BCUT2D eigenvalue weighted by Crippen LogP contribution is -2.38. The predicted molar refractivity (Wildman–Crippen MR) is 162 cm³/mol. The third-order valence-electron chi connectivity index (χ3n) is 7.05. The molecule has 0 saturated carbocycles. The van der Waals surface area contributed by atoms with Crippen molar-refractivity contribution in [2.75, 3.05) is 11.6 Å². The van der Waals surface area contributed by atoms with Crippen LogP contribution in [0.2, 0.25) is 0 Å². The van der Waals surface area contributed by atoms with Crippen molar-refractivity contribution in [1.82, 2.24) is 0 Å². The van der Waals surface area contributed by atoms with Crippen molar-refractivity contribution in [3.05, 3.63) is 114 Å². The highest BCUT2D eigenvalue weighted by atomic mass is 16.6. The minimum atomic E-state index is -0.362. The van der Waals surface area contributed by atoms with Crippen molar-refractivity contribution >= 4 is 11.4 Å². The molecule has 3 aromatic carbocycles. The van der Waals surface area contributed by atoms with E-state index in [9.17, 15) is 0 Å². The monoisotopic (exact) mass is 520 g/mol. The first-order valence-electron chi connectivity index (χ1n) is 13.9. The molecule has 2 atom stereocenters. The highest BCUT2D eigenvalue weighted by Gasteiger charge is 2.32. The molecule has 0 radical (unpaired) electrons. The van der Waals surface area contributed by atoms with Gasteiger partial charge < -0.3 is 9.47 Å². The number of anilines is 1. The normalized spacial score (nSPS) is 19.7. The second kappa shape index (κ2) is 11.3. The first kappa shape index (κ1) is 27.1. The lowest BCUT2D eigenvalue weighted by Gasteiger charge is -2.33. The largest absolute Gasteiger partial charge is 0.373 e. The Balaban J connectivity index is 1.31. The van der Waals surface area contributed by atoms with Crippen LogP contribution in [0.5, 0.6) is 0 Å². The average Bonchev–Trinajstić information content (AvgIpc) is 3.39. The van der Waals surface area contributed by atoms with E-state index in [2.05, 4.69) is 137 Å². The van der Waals surface area contributed by atoms with Crippen molar-refractivity contribution in [2.45, 2.75) is 70.8 Å². The Bertz CT molecular complexity index is 1330. The quantitative estimate of drug-likeness (QED) is 0.300. The van der Waals surface area contributed by atoms with Gasteiger partial charge in [0, 0.05) is 6.42 Å². The predicted octanol–water partition coefficient (Wildman–Crippen LogP) is 8.20. The number of hydrazone groups is 1. The molecule has 3 aromatic rings. The van der Waals surface area contributed by atoms with E-state index >= 15 is 0 Å². The summed E-state index contributed by atoms with van der Waals surface area (Å²) in [6.07, 6.45) is 8.47. The number of benzene rings is 3. The molecule has 2 unspecified atom stereocenters. The maximum atomic E-state index is 6.44. The molecule has 5 rings (SSSR count). The Hall–Kier alpha value is -3.47. The van der Waals surface area contributed by atoms with E-state index in [0.717, 1.165) is 24.2 Å². The van der Waals surface area contributed by atoms with E-state index < -0.39 is 0 Å². The molecule has 1 aliphatic carbocycles. The van der Waals surface area contributed by atoms with Crippen LogP contribution in [0.15, 0.2) is 114 Å². The molecule has 0 spiro atoms. The first-order valence-corrected chi connectivity index (χ1v) is 13.9. The van der Waals surface area contributed by atoms with Gasteiger partial charge in [0.15, 0.2) is 0 Å². The molecule has 0 bridgehead atoms. The van der Waals surface area contributed by atoms with Crippen molar-refractivity contribution < 1.29 is 9.47 Å². The van der Waals surface area contributed by atoms with Gasteiger partial charge in [0.1, 0.15) is 0 Å². The standard InChI is InChI=1S/C35H40N2O2/c1-34(2,3)38-25-35(4,5)39-31-22-20-29(21-23-31)33-24-32(36-37(33)30-14-10-7-11-15-30)28-18-16-27(17-19-28)26-12-8-6-9-13-26/h6-22,31,33H,23-25H2,1-5H3. The maximum absolute atomic E-state index is 6.44. The zero-order valence-corrected chi connectivity index (χ0v) is 23.8. The molecule has 4 nitrogen and oxygen atoms in total. The van der Waals surface area contributed by atoms with Crippen molar-refractivity contribution in [3.63, 3.8) is 0 Å². The zero-order chi connectivity index (χ0) is 27.5. The van der Waals surface area contributed by atoms with Gasteiger partial charge in [-0.2, -0.15) is 5.10 Å². The first-order chi connectivity index (χ1) is 18.7. The smallest absolute Gasteiger partial charge is 0.0867 e. The summed E-state index contributed by atoms with van der Waals surface area (Å²) in [4.78, 5) is 0. The fraction of sp³-hybridized carbons (Fsp3) is 0.343. The molecule has 0 N–H and O–H groups in total. The molecular weight excluding hydrogens is 480 g/mol. The molecule has 0 amide bonds. The van der Waals surface area contributed by atoms with Gasteiger partial charge in [-0.05, 0) is 75.4 Å². The van der Waals surface area contributed by atoms with Crippen LogP contribution < -0.4 is 5.01 Å². The molecule has 202 valence electrons. The summed E-state index contributed by atoms with van der Waals surface area (Å²) in [5.74, 6) is 0. The summed E-state index contributed by atoms with van der Waals surface area (Å²) < 4.78 is 12.4. The maximum Gasteiger partial charge on any atom is 0.0867 e. The van der Waals surface area contributed by atoms with Gasteiger partial charge in [-0.3, -0.25) is 5.01 Å². The second-order valence-corrected chi connectivity index (χ2v) is 12.0. The third kappa shape index (κ3) is 6.95. The molecule has 39 heavy (non-hydrogen) atoms. The van der Waals surface area contributed by atoms with Gasteiger partial charge in [-0.15, -0.1) is 0 Å². The van der Waals surface area contributed by atoms with E-state index in [0.29, 0.717) is 6.61 Å². The Morgan fingerprint density at radius 1 is 0.795 bits per heavy atom. The van der Waals surface area contributed by atoms with Crippen LogP contribution in [0.4, 0.5) is 5.69 Å². The van der Waals surface area contributed by atoms with Gasteiger partial charge in [0.2, 0.25) is 0 Å². The lowest BCUT2D eigenvalue weighted by atomic mass is 9.93. The summed E-state index contributed by atoms with van der Waals surface area (Å²) >= 11 is 0. The molecule has 0 aromatic heterocycles. The fourth-order valence-electron chi connectivity index (χ4n) is 5.03. The number of para-hydroxylation sites is 1. The van der Waals surface area contributed by atoms with Crippen LogP contribution in [0.3, 0.4) is 0 Å². The van der Waals surface area contributed by atoms with Crippen molar-refractivity contribution in [1.29, 1.82) is 0 Å². The average molecular weight is 521 g/mol. The van der Waals surface area contributed by atoms with Crippen LogP contribution in [0.1, 0.15) is 53.0 Å². The van der Waals surface area contributed by atoms with Crippen LogP contribution in [0, 0.1) is 0 Å². The van der Waals surface area contributed by atoms with E-state index in [4.69, 9.17) is 14.6 Å². The lowest BCUT2D eigenvalue weighted by molar-refractivity contribution is -0.129. The molecule has 0 saturated heterocycles. The molecule has 4 heteroatoms. The Morgan fingerprint density at radius 2 is 1.41 bits per heavy atom. The van der Waals surface area contributed by atoms with Gasteiger partial charge in [0.05, 0.1) is 41.4 Å². The molecule has 1 heterocycles. The fourth-order valence-corrected chi connectivity index (χ4v) is 5.03. The van der Waals surface area contributed by atoms with E-state index in [1.54, 1.807) is 0 Å². The Labute approximate surface area is 233 Å². The molecule has 0 fully saturated rings.